The molecule has 2 aromatic rings. The van der Waals surface area contributed by atoms with Gasteiger partial charge in [-0.25, -0.2) is 13.8 Å². The molecule has 0 aliphatic carbocycles. The summed E-state index contributed by atoms with van der Waals surface area (Å²) in [6.07, 6.45) is 0. The van der Waals surface area contributed by atoms with Gasteiger partial charge in [0.25, 0.3) is 11.6 Å². The molecule has 0 atom stereocenters. The first-order chi connectivity index (χ1) is 9.01. The largest absolute Gasteiger partial charge is 0.468 e. The summed E-state index contributed by atoms with van der Waals surface area (Å²) in [4.78, 5) is 15.9. The number of benzene rings is 1. The lowest BCUT2D eigenvalue weighted by Crippen LogP contribution is -2.23. The lowest BCUT2D eigenvalue weighted by molar-refractivity contribution is 0.349. The second-order valence-corrected chi connectivity index (χ2v) is 4.06. The van der Waals surface area contributed by atoms with Crippen LogP contribution < -0.4 is 10.3 Å². The van der Waals surface area contributed by atoms with Crippen molar-refractivity contribution >= 4 is 0 Å². The molecule has 0 amide bonds. The lowest BCUT2D eigenvalue weighted by Gasteiger charge is -2.11. The molecule has 0 aliphatic heterocycles. The van der Waals surface area contributed by atoms with E-state index in [1.165, 1.54) is 23.8 Å². The Labute approximate surface area is 108 Å². The average Bonchev–Trinajstić information content (AvgIpc) is 2.36. The number of methoxy groups -OCH3 is 1. The van der Waals surface area contributed by atoms with Gasteiger partial charge in [-0.3, -0.25) is 9.36 Å². The molecule has 19 heavy (non-hydrogen) atoms. The molecule has 1 aromatic heterocycles. The predicted molar refractivity (Wildman–Crippen MR) is 65.2 cm³/mol. The van der Waals surface area contributed by atoms with E-state index in [1.807, 2.05) is 0 Å². The molecule has 4 nitrogen and oxygen atoms in total. The first-order valence-corrected chi connectivity index (χ1v) is 5.57. The molecular weight excluding hydrogens is 254 g/mol. The Kier molecular flexibility index (Phi) is 3.59. The Morgan fingerprint density at radius 1 is 1.26 bits per heavy atom. The highest BCUT2D eigenvalue weighted by molar-refractivity contribution is 5.19. The van der Waals surface area contributed by atoms with Crippen molar-refractivity contribution in [3.63, 3.8) is 0 Å². The van der Waals surface area contributed by atoms with Gasteiger partial charge in [-0.05, 0) is 24.6 Å². The standard InChI is InChI=1S/C13H12F2N2O2/c1-8-5-12(18)17(13(16-8)19-2)7-9-3-4-10(14)11(15)6-9/h3-6H,7H2,1-2H3. The zero-order chi connectivity index (χ0) is 14.0. The first-order valence-electron chi connectivity index (χ1n) is 5.57. The van der Waals surface area contributed by atoms with Crippen molar-refractivity contribution in [2.75, 3.05) is 7.11 Å². The summed E-state index contributed by atoms with van der Waals surface area (Å²) in [7, 11) is 1.39. The number of hydrogen-bond donors (Lipinski definition) is 0. The van der Waals surface area contributed by atoms with Gasteiger partial charge in [-0.1, -0.05) is 6.07 Å². The normalized spacial score (nSPS) is 10.5. The van der Waals surface area contributed by atoms with Crippen LogP contribution in [0.4, 0.5) is 8.78 Å². The quantitative estimate of drug-likeness (QED) is 0.852. The molecule has 2 rings (SSSR count). The van der Waals surface area contributed by atoms with Crippen LogP contribution >= 0.6 is 0 Å². The molecule has 0 spiro atoms. The monoisotopic (exact) mass is 266 g/mol. The van der Waals surface area contributed by atoms with E-state index >= 15 is 0 Å². The van der Waals surface area contributed by atoms with Crippen LogP contribution in [0.2, 0.25) is 0 Å². The van der Waals surface area contributed by atoms with E-state index in [-0.39, 0.29) is 18.1 Å². The summed E-state index contributed by atoms with van der Waals surface area (Å²) in [5, 5.41) is 0. The van der Waals surface area contributed by atoms with Crippen LogP contribution in [-0.2, 0) is 6.54 Å². The van der Waals surface area contributed by atoms with Gasteiger partial charge < -0.3 is 4.74 Å². The number of halogens is 2. The Balaban J connectivity index is 2.43. The molecule has 1 aromatic carbocycles. The number of nitrogens with zero attached hydrogens (tertiary/aromatic N) is 2. The minimum atomic E-state index is -0.954. The van der Waals surface area contributed by atoms with E-state index in [4.69, 9.17) is 4.74 Å². The van der Waals surface area contributed by atoms with Crippen LogP contribution in [0.5, 0.6) is 6.01 Å². The van der Waals surface area contributed by atoms with Crippen molar-refractivity contribution in [1.29, 1.82) is 0 Å². The molecule has 0 N–H and O–H groups in total. The van der Waals surface area contributed by atoms with Crippen LogP contribution in [0.3, 0.4) is 0 Å². The Morgan fingerprint density at radius 2 is 2.00 bits per heavy atom. The number of aryl methyl sites for hydroxylation is 1. The van der Waals surface area contributed by atoms with Gasteiger partial charge in [0.05, 0.1) is 13.7 Å². The van der Waals surface area contributed by atoms with E-state index < -0.39 is 11.6 Å². The van der Waals surface area contributed by atoms with Gasteiger partial charge in [0, 0.05) is 11.8 Å². The third kappa shape index (κ3) is 2.78. The third-order valence-corrected chi connectivity index (χ3v) is 2.61. The van der Waals surface area contributed by atoms with Crippen molar-refractivity contribution in [3.8, 4) is 6.01 Å². The first kappa shape index (κ1) is 13.2. The van der Waals surface area contributed by atoms with E-state index in [1.54, 1.807) is 6.92 Å². The van der Waals surface area contributed by atoms with Gasteiger partial charge in [0.2, 0.25) is 0 Å². The van der Waals surface area contributed by atoms with Crippen LogP contribution in [0, 0.1) is 18.6 Å². The van der Waals surface area contributed by atoms with Crippen LogP contribution in [-0.4, -0.2) is 16.7 Å². The summed E-state index contributed by atoms with van der Waals surface area (Å²) in [5.74, 6) is -1.88. The number of aromatic nitrogens is 2. The van der Waals surface area contributed by atoms with Gasteiger partial charge in [0.15, 0.2) is 11.6 Å². The van der Waals surface area contributed by atoms with Crippen molar-refractivity contribution in [1.82, 2.24) is 9.55 Å². The van der Waals surface area contributed by atoms with Crippen molar-refractivity contribution in [3.05, 3.63) is 57.5 Å². The fourth-order valence-corrected chi connectivity index (χ4v) is 1.72. The highest BCUT2D eigenvalue weighted by Crippen LogP contribution is 2.12. The Morgan fingerprint density at radius 3 is 2.63 bits per heavy atom. The maximum Gasteiger partial charge on any atom is 0.299 e. The SMILES string of the molecule is COc1nc(C)cc(=O)n1Cc1ccc(F)c(F)c1. The summed E-state index contributed by atoms with van der Waals surface area (Å²) >= 11 is 0. The fraction of sp³-hybridized carbons (Fsp3) is 0.231. The molecular formula is C13H12F2N2O2. The molecule has 0 radical (unpaired) electrons. The van der Waals surface area contributed by atoms with E-state index in [0.29, 0.717) is 11.3 Å². The average molecular weight is 266 g/mol. The molecule has 0 fully saturated rings. The summed E-state index contributed by atoms with van der Waals surface area (Å²) in [6, 6.07) is 4.95. The Hall–Kier alpha value is -2.24. The lowest BCUT2D eigenvalue weighted by atomic mass is 10.2. The van der Waals surface area contributed by atoms with Gasteiger partial charge >= 0.3 is 0 Å². The second-order valence-electron chi connectivity index (χ2n) is 4.06. The Bertz CT molecular complexity index is 668. The minimum Gasteiger partial charge on any atom is -0.468 e. The van der Waals surface area contributed by atoms with E-state index in [0.717, 1.165) is 12.1 Å². The molecule has 0 bridgehead atoms. The van der Waals surface area contributed by atoms with Crippen molar-refractivity contribution in [2.45, 2.75) is 13.5 Å². The van der Waals surface area contributed by atoms with Gasteiger partial charge in [0.1, 0.15) is 0 Å². The summed E-state index contributed by atoms with van der Waals surface area (Å²) < 4.78 is 32.2. The topological polar surface area (TPSA) is 44.1 Å². The van der Waals surface area contributed by atoms with Crippen molar-refractivity contribution < 1.29 is 13.5 Å². The molecule has 0 unspecified atom stereocenters. The molecule has 6 heteroatoms. The fourth-order valence-electron chi connectivity index (χ4n) is 1.72. The summed E-state index contributed by atoms with van der Waals surface area (Å²) in [5.41, 5.74) is 0.669. The molecule has 0 saturated carbocycles. The van der Waals surface area contributed by atoms with Crippen LogP contribution in [0.25, 0.3) is 0 Å². The highest BCUT2D eigenvalue weighted by atomic mass is 19.2. The maximum atomic E-state index is 13.1. The smallest absolute Gasteiger partial charge is 0.299 e. The number of ether oxygens (including phenoxy) is 1. The van der Waals surface area contributed by atoms with Gasteiger partial charge in [-0.2, -0.15) is 0 Å². The zero-order valence-corrected chi connectivity index (χ0v) is 10.5. The molecule has 1 heterocycles. The second kappa shape index (κ2) is 5.17. The molecule has 100 valence electrons. The van der Waals surface area contributed by atoms with Crippen LogP contribution in [0.1, 0.15) is 11.3 Å². The number of rotatable bonds is 3. The minimum absolute atomic E-state index is 0.0620. The zero-order valence-electron chi connectivity index (χ0n) is 10.5. The number of hydrogen-bond acceptors (Lipinski definition) is 3. The predicted octanol–water partition coefficient (Wildman–Crippen LogP) is 1.89. The summed E-state index contributed by atoms with van der Waals surface area (Å²) in [6.45, 7) is 1.73. The van der Waals surface area contributed by atoms with E-state index in [9.17, 15) is 13.6 Å². The van der Waals surface area contributed by atoms with Gasteiger partial charge in [-0.15, -0.1) is 0 Å². The maximum absolute atomic E-state index is 13.1. The van der Waals surface area contributed by atoms with Crippen molar-refractivity contribution in [2.24, 2.45) is 0 Å². The van der Waals surface area contributed by atoms with Crippen LogP contribution in [0.15, 0.2) is 29.1 Å². The highest BCUT2D eigenvalue weighted by Gasteiger charge is 2.09. The third-order valence-electron chi connectivity index (χ3n) is 2.61. The van der Waals surface area contributed by atoms with E-state index in [2.05, 4.69) is 4.98 Å². The molecule has 0 aliphatic rings. The molecule has 0 saturated heterocycles.